The van der Waals surface area contributed by atoms with Crippen LogP contribution in [0.2, 0.25) is 0 Å². The number of hydrogen-bond acceptors (Lipinski definition) is 3. The van der Waals surface area contributed by atoms with Gasteiger partial charge in [-0.05, 0) is 14.0 Å². The van der Waals surface area contributed by atoms with E-state index < -0.39 is 0 Å². The molecule has 0 aromatic heterocycles. The van der Waals surface area contributed by atoms with Crippen LogP contribution in [0.15, 0.2) is 12.2 Å². The van der Waals surface area contributed by atoms with Crippen molar-refractivity contribution in [2.45, 2.75) is 20.8 Å². The van der Waals surface area contributed by atoms with Crippen molar-refractivity contribution in [1.82, 2.24) is 5.32 Å². The zero-order valence-electron chi connectivity index (χ0n) is 10.4. The van der Waals surface area contributed by atoms with Gasteiger partial charge in [0.25, 0.3) is 0 Å². The van der Waals surface area contributed by atoms with Crippen molar-refractivity contribution < 1.29 is 10.9 Å². The molecule has 0 aliphatic carbocycles. The number of nitrogens with one attached hydrogen (secondary N) is 1. The predicted octanol–water partition coefficient (Wildman–Crippen LogP) is 2.71. The molecule has 0 heterocycles. The highest BCUT2D eigenvalue weighted by Crippen LogP contribution is 1.79. The average molecular weight is 333 g/mol. The third-order valence-electron chi connectivity index (χ3n) is 1.30. The summed E-state index contributed by atoms with van der Waals surface area (Å²) in [5.74, 6) is 0. The lowest BCUT2D eigenvalue weighted by atomic mass is 10.5. The van der Waals surface area contributed by atoms with Crippen LogP contribution in [0.25, 0.3) is 0 Å². The molecule has 0 aliphatic rings. The first-order valence-electron chi connectivity index (χ1n) is 5.37. The fourth-order valence-electron chi connectivity index (χ4n) is 0.648. The third-order valence-corrected chi connectivity index (χ3v) is 1.30. The van der Waals surface area contributed by atoms with E-state index in [9.17, 15) is 0 Å². The fourth-order valence-corrected chi connectivity index (χ4v) is 0.648. The minimum absolute atomic E-state index is 0. The zero-order valence-corrected chi connectivity index (χ0v) is 12.7. The Labute approximate surface area is 113 Å². The molecule has 0 saturated carbocycles. The van der Waals surface area contributed by atoms with Crippen molar-refractivity contribution in [3.63, 3.8) is 0 Å². The van der Waals surface area contributed by atoms with Gasteiger partial charge < -0.3 is 14.8 Å². The summed E-state index contributed by atoms with van der Waals surface area (Å²) in [4.78, 5) is 0. The molecule has 0 aromatic carbocycles. The molecule has 0 rings (SSSR count). The Morgan fingerprint density at radius 1 is 1.13 bits per heavy atom. The molecule has 4 heteroatoms. The van der Waals surface area contributed by atoms with Gasteiger partial charge >= 0.3 is 0 Å². The highest BCUT2D eigenvalue weighted by molar-refractivity contribution is 14.0. The smallest absolute Gasteiger partial charge is 0.0648 e. The summed E-state index contributed by atoms with van der Waals surface area (Å²) >= 11 is 0. The molecule has 0 saturated heterocycles. The molecule has 0 fully saturated rings. The molecule has 0 amide bonds. The summed E-state index contributed by atoms with van der Waals surface area (Å²) in [6.07, 6.45) is 3.95. The van der Waals surface area contributed by atoms with E-state index in [1.807, 2.05) is 40.0 Å². The second-order valence-corrected chi connectivity index (χ2v) is 2.31. The summed E-state index contributed by atoms with van der Waals surface area (Å²) in [7, 11) is 1.91. The maximum absolute atomic E-state index is 5.25. The second kappa shape index (κ2) is 23.9. The van der Waals surface area contributed by atoms with Crippen LogP contribution < -0.4 is 5.32 Å². The zero-order chi connectivity index (χ0) is 11.1. The van der Waals surface area contributed by atoms with Crippen LogP contribution in [0.4, 0.5) is 0 Å². The summed E-state index contributed by atoms with van der Waals surface area (Å²) in [5.41, 5.74) is 0. The van der Waals surface area contributed by atoms with Crippen LogP contribution in [0.5, 0.6) is 0 Å². The Balaban J connectivity index is -0.000000169. The third kappa shape index (κ3) is 25.0. The maximum atomic E-state index is 5.25. The van der Waals surface area contributed by atoms with Gasteiger partial charge in [0.05, 0.1) is 19.8 Å². The molecule has 3 nitrogen and oxygen atoms in total. The molecule has 0 radical (unpaired) electrons. The number of rotatable bonds is 8. The van der Waals surface area contributed by atoms with E-state index in [0.717, 1.165) is 19.8 Å². The monoisotopic (exact) mass is 333 g/mol. The van der Waals surface area contributed by atoms with E-state index in [2.05, 4.69) is 5.32 Å². The molecule has 0 atom stereocenters. The molecule has 0 unspecified atom stereocenters. The number of hydrogen-bond donors (Lipinski definition) is 1. The van der Waals surface area contributed by atoms with E-state index in [1.54, 1.807) is 0 Å². The Morgan fingerprint density at radius 2 is 1.67 bits per heavy atom. The molecular weight excluding hydrogens is 305 g/mol. The standard InChI is InChI=1S/C9H19NO2.C2H6.HI.H2/c1-3-11-7-4-5-8-12-9-6-10-2;1-2;;/h4-5,10H,3,6-9H2,1-2H3;1-2H3;2*1H/b5-4-;;;. The number of halogens is 1. The molecule has 0 aromatic rings. The van der Waals surface area contributed by atoms with Crippen LogP contribution in [0.3, 0.4) is 0 Å². The van der Waals surface area contributed by atoms with Crippen molar-refractivity contribution in [2.75, 3.05) is 40.0 Å². The van der Waals surface area contributed by atoms with Crippen molar-refractivity contribution >= 4 is 24.0 Å². The Bertz CT molecular complexity index is 116. The first-order chi connectivity index (χ1) is 6.91. The summed E-state index contributed by atoms with van der Waals surface area (Å²) < 4.78 is 10.4. The van der Waals surface area contributed by atoms with Crippen LogP contribution in [-0.4, -0.2) is 40.0 Å². The quantitative estimate of drug-likeness (QED) is 0.421. The van der Waals surface area contributed by atoms with Gasteiger partial charge in [-0.1, -0.05) is 26.0 Å². The minimum atomic E-state index is 0. The van der Waals surface area contributed by atoms with Gasteiger partial charge in [0.15, 0.2) is 0 Å². The molecule has 0 aliphatic heterocycles. The Kier molecular flexibility index (Phi) is 33.0. The lowest BCUT2D eigenvalue weighted by Gasteiger charge is -1.98. The minimum Gasteiger partial charge on any atom is -0.378 e. The highest BCUT2D eigenvalue weighted by atomic mass is 127. The van der Waals surface area contributed by atoms with E-state index in [4.69, 9.17) is 9.47 Å². The van der Waals surface area contributed by atoms with Crippen molar-refractivity contribution in [3.05, 3.63) is 12.2 Å². The van der Waals surface area contributed by atoms with Crippen LogP contribution in [-0.2, 0) is 9.47 Å². The van der Waals surface area contributed by atoms with E-state index in [1.165, 1.54) is 0 Å². The number of likely N-dealkylation sites (N-methyl/N-ethyl adjacent to an activating group) is 1. The maximum Gasteiger partial charge on any atom is 0.0648 e. The van der Waals surface area contributed by atoms with E-state index in [0.29, 0.717) is 13.2 Å². The van der Waals surface area contributed by atoms with Gasteiger partial charge in [-0.25, -0.2) is 0 Å². The van der Waals surface area contributed by atoms with Gasteiger partial charge in [0, 0.05) is 14.6 Å². The number of ether oxygens (including phenoxy) is 2. The first-order valence-corrected chi connectivity index (χ1v) is 5.37. The highest BCUT2D eigenvalue weighted by Gasteiger charge is 1.81. The van der Waals surface area contributed by atoms with Crippen molar-refractivity contribution in [1.29, 1.82) is 0 Å². The average Bonchev–Trinajstić information content (AvgIpc) is 2.25. The van der Waals surface area contributed by atoms with Gasteiger partial charge in [-0.2, -0.15) is 0 Å². The predicted molar refractivity (Wildman–Crippen MR) is 79.3 cm³/mol. The largest absolute Gasteiger partial charge is 0.378 e. The van der Waals surface area contributed by atoms with Gasteiger partial charge in [-0.15, -0.1) is 24.0 Å². The lowest BCUT2D eigenvalue weighted by molar-refractivity contribution is 0.161. The SMILES string of the molecule is CC.CCOC/C=C\COCCNC.I.[HH]. The molecule has 15 heavy (non-hydrogen) atoms. The lowest BCUT2D eigenvalue weighted by Crippen LogP contribution is -2.14. The summed E-state index contributed by atoms with van der Waals surface area (Å²) in [6, 6.07) is 0. The Morgan fingerprint density at radius 3 is 2.13 bits per heavy atom. The normalized spacial score (nSPS) is 9.33. The molecule has 0 bridgehead atoms. The van der Waals surface area contributed by atoms with Crippen LogP contribution in [0, 0.1) is 0 Å². The second-order valence-electron chi connectivity index (χ2n) is 2.31. The molecule has 0 spiro atoms. The molecular formula is C11H28INO2. The summed E-state index contributed by atoms with van der Waals surface area (Å²) in [6.45, 7) is 9.78. The molecule has 1 N–H and O–H groups in total. The van der Waals surface area contributed by atoms with E-state index >= 15 is 0 Å². The van der Waals surface area contributed by atoms with Gasteiger partial charge in [-0.3, -0.25) is 0 Å². The summed E-state index contributed by atoms with van der Waals surface area (Å²) in [5, 5.41) is 3.01. The van der Waals surface area contributed by atoms with Gasteiger partial charge in [0.2, 0.25) is 0 Å². The van der Waals surface area contributed by atoms with Crippen LogP contribution >= 0.6 is 24.0 Å². The topological polar surface area (TPSA) is 30.5 Å². The van der Waals surface area contributed by atoms with Crippen molar-refractivity contribution in [3.8, 4) is 0 Å². The van der Waals surface area contributed by atoms with Crippen molar-refractivity contribution in [2.24, 2.45) is 0 Å². The van der Waals surface area contributed by atoms with E-state index in [-0.39, 0.29) is 25.4 Å². The van der Waals surface area contributed by atoms with Gasteiger partial charge in [0.1, 0.15) is 0 Å². The van der Waals surface area contributed by atoms with Crippen LogP contribution in [0.1, 0.15) is 22.2 Å². The first kappa shape index (κ1) is 20.7. The molecule has 96 valence electrons. The Hall–Kier alpha value is 0.350. The fraction of sp³-hybridized carbons (Fsp3) is 0.818.